The molecule has 0 saturated carbocycles. The first-order chi connectivity index (χ1) is 21.3. The number of hydrogen-bond acceptors (Lipinski definition) is 7. The zero-order valence-electron chi connectivity index (χ0n) is 25.0. The van der Waals surface area contributed by atoms with Crippen molar-refractivity contribution >= 4 is 41.1 Å². The number of anilines is 2. The standard InChI is InChI=1S/C36H33N5O3/c1-22-7-6-8-24(15-22)13-14-38-33(43)19-40-21-41(35-31(40)18-37-20-39-35)36(3)30-12-11-26-25-9-4-5-10-27(25)32(42)17-28(26)29(30)16-23(2)34(36)44/h4-12,15-18,20,23H,13-14,19,21H2,1-3H3,(H,38,43). The van der Waals surface area contributed by atoms with Crippen LogP contribution in [0, 0.1) is 12.8 Å². The van der Waals surface area contributed by atoms with Gasteiger partial charge in [-0.3, -0.25) is 14.4 Å². The van der Waals surface area contributed by atoms with E-state index in [-0.39, 0.29) is 30.7 Å². The minimum absolute atomic E-state index is 0.0292. The van der Waals surface area contributed by atoms with Crippen LogP contribution in [0.25, 0.3) is 23.3 Å². The average Bonchev–Trinajstić information content (AvgIpc) is 3.39. The number of rotatable bonds is 6. The number of aryl methyl sites for hydroxylation is 1. The Hall–Kier alpha value is -5.11. The number of carbonyl (C=O) groups excluding carboxylic acids is 3. The molecule has 4 aromatic rings. The summed E-state index contributed by atoms with van der Waals surface area (Å²) in [4.78, 5) is 53.2. The van der Waals surface area contributed by atoms with E-state index in [0.717, 1.165) is 33.5 Å². The molecule has 0 saturated heterocycles. The van der Waals surface area contributed by atoms with Gasteiger partial charge in [0, 0.05) is 18.0 Å². The van der Waals surface area contributed by atoms with Crippen LogP contribution in [0.1, 0.15) is 40.9 Å². The lowest BCUT2D eigenvalue weighted by atomic mass is 9.73. The largest absolute Gasteiger partial charge is 0.354 e. The zero-order chi connectivity index (χ0) is 30.6. The molecule has 44 heavy (non-hydrogen) atoms. The first kappa shape index (κ1) is 27.7. The number of fused-ring (bicyclic) bond motifs is 6. The molecule has 1 N–H and O–H groups in total. The summed E-state index contributed by atoms with van der Waals surface area (Å²) < 4.78 is 0. The quantitative estimate of drug-likeness (QED) is 0.372. The normalized spacial score (nSPS) is 19.8. The highest BCUT2D eigenvalue weighted by Gasteiger charge is 2.50. The smallest absolute Gasteiger partial charge is 0.239 e. The third kappa shape index (κ3) is 4.40. The molecule has 1 aromatic heterocycles. The van der Waals surface area contributed by atoms with Crippen molar-refractivity contribution in [2.75, 3.05) is 29.6 Å². The summed E-state index contributed by atoms with van der Waals surface area (Å²) in [5, 5.41) is 4.77. The second-order valence-corrected chi connectivity index (χ2v) is 12.0. The monoisotopic (exact) mass is 583 g/mol. The molecule has 1 aliphatic heterocycles. The Morgan fingerprint density at radius 3 is 2.66 bits per heavy atom. The van der Waals surface area contributed by atoms with E-state index in [9.17, 15) is 14.4 Å². The van der Waals surface area contributed by atoms with Crippen molar-refractivity contribution in [3.8, 4) is 11.1 Å². The summed E-state index contributed by atoms with van der Waals surface area (Å²) in [6.07, 6.45) is 7.59. The molecule has 3 aromatic carbocycles. The van der Waals surface area contributed by atoms with Crippen LogP contribution in [0.2, 0.25) is 0 Å². The molecule has 8 heteroatoms. The molecule has 2 aliphatic carbocycles. The Morgan fingerprint density at radius 2 is 1.84 bits per heavy atom. The van der Waals surface area contributed by atoms with Crippen LogP contribution in [-0.4, -0.2) is 47.2 Å². The molecule has 8 nitrogen and oxygen atoms in total. The summed E-state index contributed by atoms with van der Waals surface area (Å²) in [5.41, 5.74) is 5.35. The van der Waals surface area contributed by atoms with Crippen molar-refractivity contribution < 1.29 is 14.4 Å². The van der Waals surface area contributed by atoms with Crippen molar-refractivity contribution in [1.29, 1.82) is 0 Å². The van der Waals surface area contributed by atoms with E-state index in [4.69, 9.17) is 0 Å². The van der Waals surface area contributed by atoms with Crippen molar-refractivity contribution in [2.45, 2.75) is 32.7 Å². The fourth-order valence-electron chi connectivity index (χ4n) is 6.94. The highest BCUT2D eigenvalue weighted by Crippen LogP contribution is 2.43. The summed E-state index contributed by atoms with van der Waals surface area (Å²) in [6.45, 7) is 6.81. The number of nitrogens with one attached hydrogen (secondary N) is 1. The Balaban J connectivity index is 1.22. The number of Topliss-reactive ketones (excluding diaryl/α,β-unsaturated/α-hetero) is 2. The number of carbonyl (C=O) groups is 3. The molecule has 0 bridgehead atoms. The number of nitrogens with zero attached hydrogens (tertiary/aromatic N) is 4. The molecule has 2 heterocycles. The van der Waals surface area contributed by atoms with Crippen molar-refractivity contribution in [3.05, 3.63) is 106 Å². The van der Waals surface area contributed by atoms with Crippen LogP contribution in [0.5, 0.6) is 0 Å². The van der Waals surface area contributed by atoms with Crippen LogP contribution >= 0.6 is 0 Å². The van der Waals surface area contributed by atoms with Gasteiger partial charge in [0.1, 0.15) is 17.6 Å². The second kappa shape index (κ2) is 10.6. The summed E-state index contributed by atoms with van der Waals surface area (Å²) in [7, 11) is 0. The predicted molar refractivity (Wildman–Crippen MR) is 171 cm³/mol. The van der Waals surface area contributed by atoms with Crippen LogP contribution in [0.15, 0.2) is 73.2 Å². The Bertz CT molecular complexity index is 1990. The summed E-state index contributed by atoms with van der Waals surface area (Å²) in [6, 6.07) is 19.9. The maximum Gasteiger partial charge on any atom is 0.239 e. The zero-order valence-corrected chi connectivity index (χ0v) is 25.0. The molecule has 3 aliphatic rings. The topological polar surface area (TPSA) is 95.5 Å². The Kier molecular flexibility index (Phi) is 6.65. The molecule has 1 amide bonds. The van der Waals surface area contributed by atoms with Gasteiger partial charge in [0.15, 0.2) is 17.4 Å². The van der Waals surface area contributed by atoms with E-state index in [1.165, 1.54) is 17.5 Å². The molecule has 7 rings (SSSR count). The van der Waals surface area contributed by atoms with Crippen molar-refractivity contribution in [2.24, 2.45) is 5.92 Å². The fraction of sp³-hybridized carbons (Fsp3) is 0.250. The van der Waals surface area contributed by atoms with Gasteiger partial charge in [0.25, 0.3) is 0 Å². The lowest BCUT2D eigenvalue weighted by Crippen LogP contribution is -2.59. The number of amides is 1. The van der Waals surface area contributed by atoms with Gasteiger partial charge in [-0.2, -0.15) is 0 Å². The highest BCUT2D eigenvalue weighted by molar-refractivity contribution is 6.22. The number of hydrogen-bond donors (Lipinski definition) is 1. The fourth-order valence-corrected chi connectivity index (χ4v) is 6.94. The van der Waals surface area contributed by atoms with Gasteiger partial charge in [-0.25, -0.2) is 9.97 Å². The SMILES string of the molecule is Cc1cccc(CCNC(=O)CN2CN(C3(C)C(=O)C(C)C=c4c3ccc3c4=CC(=O)c4ccccc4-3)c3ncncc32)c1. The van der Waals surface area contributed by atoms with E-state index >= 15 is 0 Å². The maximum atomic E-state index is 14.2. The highest BCUT2D eigenvalue weighted by atomic mass is 16.2. The first-order valence-electron chi connectivity index (χ1n) is 15.0. The third-order valence-electron chi connectivity index (χ3n) is 9.15. The number of benzene rings is 3. The van der Waals surface area contributed by atoms with Crippen LogP contribution in [0.3, 0.4) is 0 Å². The third-order valence-corrected chi connectivity index (χ3v) is 9.15. The van der Waals surface area contributed by atoms with E-state index in [0.29, 0.717) is 23.6 Å². The average molecular weight is 584 g/mol. The van der Waals surface area contributed by atoms with E-state index < -0.39 is 11.5 Å². The summed E-state index contributed by atoms with van der Waals surface area (Å²) in [5.74, 6) is 0.0781. The van der Waals surface area contributed by atoms with E-state index in [2.05, 4.69) is 40.4 Å². The van der Waals surface area contributed by atoms with Gasteiger partial charge in [-0.05, 0) is 59.0 Å². The van der Waals surface area contributed by atoms with E-state index in [1.807, 2.05) is 72.2 Å². The van der Waals surface area contributed by atoms with Gasteiger partial charge < -0.3 is 15.1 Å². The van der Waals surface area contributed by atoms with Crippen LogP contribution in [0.4, 0.5) is 11.5 Å². The van der Waals surface area contributed by atoms with Gasteiger partial charge in [0.05, 0.1) is 19.4 Å². The molecule has 0 fully saturated rings. The molecular weight excluding hydrogens is 550 g/mol. The second-order valence-electron chi connectivity index (χ2n) is 12.0. The van der Waals surface area contributed by atoms with Gasteiger partial charge in [-0.15, -0.1) is 0 Å². The maximum absolute atomic E-state index is 14.2. The number of aromatic nitrogens is 2. The van der Waals surface area contributed by atoms with E-state index in [1.54, 1.807) is 12.3 Å². The predicted octanol–water partition coefficient (Wildman–Crippen LogP) is 3.29. The van der Waals surface area contributed by atoms with Crippen molar-refractivity contribution in [1.82, 2.24) is 15.3 Å². The minimum Gasteiger partial charge on any atom is -0.354 e. The van der Waals surface area contributed by atoms with Crippen LogP contribution < -0.4 is 25.6 Å². The Morgan fingerprint density at radius 1 is 1.02 bits per heavy atom. The molecule has 0 radical (unpaired) electrons. The number of ketones is 2. The lowest BCUT2D eigenvalue weighted by molar-refractivity contribution is -0.126. The molecule has 0 spiro atoms. The first-order valence-corrected chi connectivity index (χ1v) is 15.0. The minimum atomic E-state index is -1.09. The van der Waals surface area contributed by atoms with Gasteiger partial charge in [-0.1, -0.05) is 79.2 Å². The lowest BCUT2D eigenvalue weighted by Gasteiger charge is -2.42. The van der Waals surface area contributed by atoms with Gasteiger partial charge >= 0.3 is 0 Å². The Labute approximate surface area is 255 Å². The van der Waals surface area contributed by atoms with Crippen LogP contribution in [-0.2, 0) is 21.5 Å². The molecule has 2 unspecified atom stereocenters. The van der Waals surface area contributed by atoms with Crippen molar-refractivity contribution in [3.63, 3.8) is 0 Å². The molecular formula is C36H33N5O3. The molecule has 220 valence electrons. The summed E-state index contributed by atoms with van der Waals surface area (Å²) >= 11 is 0. The molecule has 2 atom stereocenters. The van der Waals surface area contributed by atoms with Gasteiger partial charge in [0.2, 0.25) is 5.91 Å².